The molecule has 0 fully saturated rings. The number of unbranched alkanes of at least 4 members (excludes halogenated alkanes) is 1. The number of hydrogen-bond donors (Lipinski definition) is 2. The van der Waals surface area contributed by atoms with Crippen molar-refractivity contribution in [2.75, 3.05) is 12.4 Å². The van der Waals surface area contributed by atoms with Gasteiger partial charge >= 0.3 is 5.69 Å². The second kappa shape index (κ2) is 12.3. The summed E-state index contributed by atoms with van der Waals surface area (Å²) in [6, 6.07) is 15.0. The Kier molecular flexibility index (Phi) is 8.65. The van der Waals surface area contributed by atoms with Gasteiger partial charge in [-0.1, -0.05) is 23.7 Å². The van der Waals surface area contributed by atoms with Crippen molar-refractivity contribution in [1.82, 2.24) is 14.5 Å². The number of aromatic nitrogens is 2. The largest absolute Gasteiger partial charge is 0.495 e. The fourth-order valence-corrected chi connectivity index (χ4v) is 4.31. The van der Waals surface area contributed by atoms with Crippen LogP contribution in [0.4, 0.5) is 5.69 Å². The number of hydrogen-bond acceptors (Lipinski definition) is 6. The Balaban J connectivity index is 1.45. The highest BCUT2D eigenvalue weighted by Crippen LogP contribution is 2.27. The van der Waals surface area contributed by atoms with Crippen molar-refractivity contribution in [2.24, 2.45) is 0 Å². The van der Waals surface area contributed by atoms with Crippen LogP contribution in [0.1, 0.15) is 25.0 Å². The quantitative estimate of drug-likeness (QED) is 0.281. The van der Waals surface area contributed by atoms with E-state index in [1.165, 1.54) is 17.9 Å². The minimum atomic E-state index is -0.598. The summed E-state index contributed by atoms with van der Waals surface area (Å²) in [6.45, 7) is 0.105. The lowest BCUT2D eigenvalue weighted by Crippen LogP contribution is -2.41. The lowest BCUT2D eigenvalue weighted by atomic mass is 10.2. The third-order valence-electron chi connectivity index (χ3n) is 5.94. The summed E-state index contributed by atoms with van der Waals surface area (Å²) >= 11 is 6.14. The molecule has 198 valence electrons. The van der Waals surface area contributed by atoms with Crippen LogP contribution in [0.2, 0.25) is 5.02 Å². The van der Waals surface area contributed by atoms with Crippen molar-refractivity contribution in [2.45, 2.75) is 38.9 Å². The van der Waals surface area contributed by atoms with Gasteiger partial charge in [-0.3, -0.25) is 23.5 Å². The minimum Gasteiger partial charge on any atom is -0.495 e. The Morgan fingerprint density at radius 3 is 2.55 bits per heavy atom. The van der Waals surface area contributed by atoms with Crippen molar-refractivity contribution in [3.63, 3.8) is 0 Å². The number of rotatable bonds is 11. The first kappa shape index (κ1) is 26.7. The molecule has 38 heavy (non-hydrogen) atoms. The Hall–Kier alpha value is -4.31. The number of anilines is 1. The molecular weight excluding hydrogens is 512 g/mol. The number of benzene rings is 2. The third kappa shape index (κ3) is 6.33. The molecule has 0 atom stereocenters. The molecule has 2 heterocycles. The van der Waals surface area contributed by atoms with Gasteiger partial charge in [-0.2, -0.15) is 0 Å². The number of nitrogens with zero attached hydrogens (tertiary/aromatic N) is 2. The van der Waals surface area contributed by atoms with Gasteiger partial charge in [0, 0.05) is 18.7 Å². The zero-order chi connectivity index (χ0) is 27.1. The van der Waals surface area contributed by atoms with Crippen molar-refractivity contribution in [1.29, 1.82) is 0 Å². The molecule has 4 aromatic rings. The van der Waals surface area contributed by atoms with E-state index in [1.54, 1.807) is 54.6 Å². The van der Waals surface area contributed by atoms with Crippen molar-refractivity contribution >= 4 is 40.0 Å². The standard InChI is InChI=1S/C27H27ClN4O6/c1-37-23-12-11-18(15-21(23)28)30-25(34)17-32-22-9-3-2-8-20(22)26(35)31(27(32)36)13-5-4-10-24(33)29-16-19-7-6-14-38-19/h2-3,6-9,11-12,14-15H,4-5,10,13,16-17H2,1H3,(H,29,33)(H,30,34). The van der Waals surface area contributed by atoms with Gasteiger partial charge in [-0.15, -0.1) is 0 Å². The van der Waals surface area contributed by atoms with E-state index in [0.717, 1.165) is 4.57 Å². The molecule has 4 rings (SSSR count). The molecule has 0 aliphatic heterocycles. The summed E-state index contributed by atoms with van der Waals surface area (Å²) in [7, 11) is 1.49. The highest BCUT2D eigenvalue weighted by molar-refractivity contribution is 6.32. The van der Waals surface area contributed by atoms with E-state index >= 15 is 0 Å². The molecule has 2 aromatic carbocycles. The molecule has 11 heteroatoms. The molecule has 2 N–H and O–H groups in total. The van der Waals surface area contributed by atoms with Gasteiger partial charge in [-0.05, 0) is 55.3 Å². The van der Waals surface area contributed by atoms with Gasteiger partial charge in [0.1, 0.15) is 18.1 Å². The molecule has 0 bridgehead atoms. The van der Waals surface area contributed by atoms with E-state index in [9.17, 15) is 19.2 Å². The number of amides is 2. The number of furan rings is 1. The van der Waals surface area contributed by atoms with Crippen LogP contribution in [0, 0.1) is 0 Å². The molecule has 0 radical (unpaired) electrons. The monoisotopic (exact) mass is 538 g/mol. The number of fused-ring (bicyclic) bond motifs is 1. The Morgan fingerprint density at radius 1 is 1.00 bits per heavy atom. The van der Waals surface area contributed by atoms with Gasteiger partial charge in [0.15, 0.2) is 0 Å². The number of para-hydroxylation sites is 1. The zero-order valence-corrected chi connectivity index (χ0v) is 21.5. The topological polar surface area (TPSA) is 125 Å². The van der Waals surface area contributed by atoms with Gasteiger partial charge in [0.25, 0.3) is 5.56 Å². The Morgan fingerprint density at radius 2 is 1.82 bits per heavy atom. The SMILES string of the molecule is COc1ccc(NC(=O)Cn2c(=O)n(CCCCC(=O)NCc3ccco3)c(=O)c3ccccc32)cc1Cl. The molecule has 2 aromatic heterocycles. The van der Waals surface area contributed by atoms with E-state index in [0.29, 0.717) is 52.5 Å². The zero-order valence-electron chi connectivity index (χ0n) is 20.7. The lowest BCUT2D eigenvalue weighted by molar-refractivity contribution is -0.121. The van der Waals surface area contributed by atoms with Crippen LogP contribution in [0.25, 0.3) is 10.9 Å². The number of carbonyl (C=O) groups is 2. The van der Waals surface area contributed by atoms with Gasteiger partial charge in [0.05, 0.1) is 35.8 Å². The van der Waals surface area contributed by atoms with Crippen LogP contribution in [-0.2, 0) is 29.2 Å². The summed E-state index contributed by atoms with van der Waals surface area (Å²) in [6.07, 6.45) is 2.68. The van der Waals surface area contributed by atoms with Crippen molar-refractivity contribution in [3.05, 3.63) is 92.5 Å². The summed E-state index contributed by atoms with van der Waals surface area (Å²) < 4.78 is 12.7. The van der Waals surface area contributed by atoms with E-state index in [2.05, 4.69) is 10.6 Å². The Labute approximate surface area is 222 Å². The number of methoxy groups -OCH3 is 1. The first-order chi connectivity index (χ1) is 18.4. The fourth-order valence-electron chi connectivity index (χ4n) is 4.05. The van der Waals surface area contributed by atoms with Gasteiger partial charge in [-0.25, -0.2) is 4.79 Å². The maximum absolute atomic E-state index is 13.3. The molecule has 0 saturated carbocycles. The number of nitrogens with one attached hydrogen (secondary N) is 2. The lowest BCUT2D eigenvalue weighted by Gasteiger charge is -2.14. The van der Waals surface area contributed by atoms with E-state index < -0.39 is 17.2 Å². The minimum absolute atomic E-state index is 0.115. The van der Waals surface area contributed by atoms with E-state index in [4.69, 9.17) is 20.8 Å². The highest BCUT2D eigenvalue weighted by Gasteiger charge is 2.16. The van der Waals surface area contributed by atoms with Crippen molar-refractivity contribution < 1.29 is 18.7 Å². The average molecular weight is 539 g/mol. The summed E-state index contributed by atoms with van der Waals surface area (Å²) in [5, 5.41) is 6.14. The van der Waals surface area contributed by atoms with Crippen LogP contribution in [0.3, 0.4) is 0 Å². The van der Waals surface area contributed by atoms with E-state index in [-0.39, 0.29) is 25.4 Å². The van der Waals surface area contributed by atoms with Gasteiger partial charge in [0.2, 0.25) is 11.8 Å². The smallest absolute Gasteiger partial charge is 0.331 e. The summed E-state index contributed by atoms with van der Waals surface area (Å²) in [4.78, 5) is 51.3. The molecule has 2 amide bonds. The predicted molar refractivity (Wildman–Crippen MR) is 144 cm³/mol. The first-order valence-corrected chi connectivity index (χ1v) is 12.4. The molecule has 0 saturated heterocycles. The first-order valence-electron chi connectivity index (χ1n) is 12.0. The second-order valence-corrected chi connectivity index (χ2v) is 8.96. The molecule has 0 unspecified atom stereocenters. The molecule has 0 aliphatic carbocycles. The molecular formula is C27H27ClN4O6. The van der Waals surface area contributed by atoms with Crippen molar-refractivity contribution in [3.8, 4) is 5.75 Å². The van der Waals surface area contributed by atoms with Crippen LogP contribution in [0.5, 0.6) is 5.75 Å². The third-order valence-corrected chi connectivity index (χ3v) is 6.24. The summed E-state index contributed by atoms with van der Waals surface area (Å²) in [5.41, 5.74) is -0.235. The summed E-state index contributed by atoms with van der Waals surface area (Å²) in [5.74, 6) is 0.506. The second-order valence-electron chi connectivity index (χ2n) is 8.55. The molecule has 0 spiro atoms. The predicted octanol–water partition coefficient (Wildman–Crippen LogP) is 3.54. The van der Waals surface area contributed by atoms with Crippen LogP contribution >= 0.6 is 11.6 Å². The number of halogens is 1. The average Bonchev–Trinajstić information content (AvgIpc) is 3.43. The normalized spacial score (nSPS) is 10.9. The van der Waals surface area contributed by atoms with Crippen LogP contribution in [-0.4, -0.2) is 28.1 Å². The maximum Gasteiger partial charge on any atom is 0.331 e. The van der Waals surface area contributed by atoms with E-state index in [1.807, 2.05) is 0 Å². The number of ether oxygens (including phenoxy) is 1. The Bertz CT molecular complexity index is 1560. The van der Waals surface area contributed by atoms with Crippen LogP contribution in [0.15, 0.2) is 74.9 Å². The van der Waals surface area contributed by atoms with Gasteiger partial charge < -0.3 is 19.8 Å². The van der Waals surface area contributed by atoms with Crippen LogP contribution < -0.4 is 26.6 Å². The molecule has 0 aliphatic rings. The fraction of sp³-hybridized carbons (Fsp3) is 0.259. The molecule has 10 nitrogen and oxygen atoms in total. The number of carbonyl (C=O) groups excluding carboxylic acids is 2. The highest BCUT2D eigenvalue weighted by atomic mass is 35.5. The maximum atomic E-state index is 13.3.